The quantitative estimate of drug-likeness (QED) is 0.797. The number of nitrogens with one attached hydrogen (secondary N) is 2. The first-order valence-corrected chi connectivity index (χ1v) is 7.72. The van der Waals surface area contributed by atoms with Gasteiger partial charge >= 0.3 is 0 Å². The summed E-state index contributed by atoms with van der Waals surface area (Å²) in [5, 5.41) is 15.2. The highest BCUT2D eigenvalue weighted by Gasteiger charge is 2.34. The summed E-state index contributed by atoms with van der Waals surface area (Å²) >= 11 is 0. The maximum absolute atomic E-state index is 13.9. The number of hydrogen-bond donors (Lipinski definition) is 3. The van der Waals surface area contributed by atoms with E-state index in [-0.39, 0.29) is 18.0 Å². The first kappa shape index (κ1) is 17.4. The molecule has 6 heteroatoms. The maximum atomic E-state index is 13.9. The van der Waals surface area contributed by atoms with Crippen molar-refractivity contribution in [1.29, 1.82) is 0 Å². The highest BCUT2D eigenvalue weighted by molar-refractivity contribution is 5.98. The fourth-order valence-corrected chi connectivity index (χ4v) is 2.20. The van der Waals surface area contributed by atoms with Gasteiger partial charge in [-0.25, -0.2) is 4.39 Å². The standard InChI is InChI=1S/C17H23FN2O3/c1-16(2,3)15(22)20-11-5-6-13(18)12(9-11)14(21)19-10-17(23)7-4-8-17/h5-6,9,23H,4,7-8,10H2,1-3H3,(H,19,21)(H,20,22). The lowest BCUT2D eigenvalue weighted by Crippen LogP contribution is -2.47. The minimum absolute atomic E-state index is 0.101. The number of anilines is 1. The van der Waals surface area contributed by atoms with E-state index >= 15 is 0 Å². The van der Waals surface area contributed by atoms with Crippen LogP contribution in [0.15, 0.2) is 18.2 Å². The zero-order chi connectivity index (χ0) is 17.3. The van der Waals surface area contributed by atoms with Gasteiger partial charge in [0.05, 0.1) is 11.2 Å². The molecule has 0 unspecified atom stereocenters. The van der Waals surface area contributed by atoms with Crippen molar-refractivity contribution >= 4 is 17.5 Å². The zero-order valence-electron chi connectivity index (χ0n) is 13.7. The number of hydrogen-bond acceptors (Lipinski definition) is 3. The molecule has 0 aromatic heterocycles. The number of amides is 2. The van der Waals surface area contributed by atoms with Crippen molar-refractivity contribution < 1.29 is 19.1 Å². The lowest BCUT2D eigenvalue weighted by Gasteiger charge is -2.36. The van der Waals surface area contributed by atoms with E-state index in [1.54, 1.807) is 20.8 Å². The van der Waals surface area contributed by atoms with E-state index < -0.39 is 22.7 Å². The average Bonchev–Trinajstić information content (AvgIpc) is 2.43. The Morgan fingerprint density at radius 3 is 2.48 bits per heavy atom. The topological polar surface area (TPSA) is 78.4 Å². The van der Waals surface area contributed by atoms with Crippen LogP contribution in [-0.4, -0.2) is 29.1 Å². The van der Waals surface area contributed by atoms with Crippen LogP contribution < -0.4 is 10.6 Å². The molecule has 5 nitrogen and oxygen atoms in total. The van der Waals surface area contributed by atoms with E-state index in [0.29, 0.717) is 18.5 Å². The summed E-state index contributed by atoms with van der Waals surface area (Å²) in [4.78, 5) is 24.1. The third-order valence-corrected chi connectivity index (χ3v) is 4.01. The fourth-order valence-electron chi connectivity index (χ4n) is 2.20. The molecule has 0 radical (unpaired) electrons. The molecule has 2 amide bonds. The molecule has 1 aliphatic carbocycles. The van der Waals surface area contributed by atoms with Gasteiger partial charge in [0.15, 0.2) is 0 Å². The molecule has 0 bridgehead atoms. The van der Waals surface area contributed by atoms with Crippen LogP contribution in [0, 0.1) is 11.2 Å². The van der Waals surface area contributed by atoms with Crippen LogP contribution in [0.1, 0.15) is 50.4 Å². The van der Waals surface area contributed by atoms with Gasteiger partial charge in [-0.3, -0.25) is 9.59 Å². The van der Waals surface area contributed by atoms with Gasteiger partial charge in [0, 0.05) is 17.6 Å². The van der Waals surface area contributed by atoms with Crippen molar-refractivity contribution in [2.75, 3.05) is 11.9 Å². The maximum Gasteiger partial charge on any atom is 0.254 e. The Kier molecular flexibility index (Phi) is 4.75. The van der Waals surface area contributed by atoms with Crippen LogP contribution in [-0.2, 0) is 4.79 Å². The molecular formula is C17H23FN2O3. The first-order chi connectivity index (χ1) is 10.6. The highest BCUT2D eigenvalue weighted by Crippen LogP contribution is 2.30. The summed E-state index contributed by atoms with van der Waals surface area (Å²) in [6.07, 6.45) is 2.20. The van der Waals surface area contributed by atoms with Crippen molar-refractivity contribution in [3.05, 3.63) is 29.6 Å². The molecule has 1 aromatic carbocycles. The number of rotatable bonds is 4. The largest absolute Gasteiger partial charge is 0.388 e. The van der Waals surface area contributed by atoms with Crippen LogP contribution in [0.4, 0.5) is 10.1 Å². The third kappa shape index (κ3) is 4.28. The normalized spacial score (nSPS) is 16.4. The molecule has 1 aromatic rings. The summed E-state index contributed by atoms with van der Waals surface area (Å²) in [6, 6.07) is 3.86. The molecule has 0 aliphatic heterocycles. The molecule has 2 rings (SSSR count). The van der Waals surface area contributed by atoms with Crippen LogP contribution in [0.5, 0.6) is 0 Å². The molecule has 1 aliphatic rings. The zero-order valence-corrected chi connectivity index (χ0v) is 13.7. The van der Waals surface area contributed by atoms with Crippen molar-refractivity contribution in [3.8, 4) is 0 Å². The molecule has 3 N–H and O–H groups in total. The van der Waals surface area contributed by atoms with Crippen molar-refractivity contribution in [1.82, 2.24) is 5.32 Å². The van der Waals surface area contributed by atoms with Crippen LogP contribution in [0.3, 0.4) is 0 Å². The molecule has 1 saturated carbocycles. The number of carbonyl (C=O) groups excluding carboxylic acids is 2. The predicted molar refractivity (Wildman–Crippen MR) is 85.6 cm³/mol. The van der Waals surface area contributed by atoms with E-state index in [4.69, 9.17) is 0 Å². The van der Waals surface area contributed by atoms with Crippen LogP contribution in [0.25, 0.3) is 0 Å². The van der Waals surface area contributed by atoms with E-state index in [2.05, 4.69) is 10.6 Å². The lowest BCUT2D eigenvalue weighted by molar-refractivity contribution is -0.123. The Bertz CT molecular complexity index is 619. The summed E-state index contributed by atoms with van der Waals surface area (Å²) in [7, 11) is 0. The van der Waals surface area contributed by atoms with E-state index in [1.165, 1.54) is 12.1 Å². The van der Waals surface area contributed by atoms with Gasteiger partial charge in [0.1, 0.15) is 5.82 Å². The second kappa shape index (κ2) is 6.28. The van der Waals surface area contributed by atoms with Gasteiger partial charge in [0.25, 0.3) is 5.91 Å². The fraction of sp³-hybridized carbons (Fsp3) is 0.529. The Morgan fingerprint density at radius 2 is 1.96 bits per heavy atom. The highest BCUT2D eigenvalue weighted by atomic mass is 19.1. The molecule has 0 spiro atoms. The SMILES string of the molecule is CC(C)(C)C(=O)Nc1ccc(F)c(C(=O)NCC2(O)CCC2)c1. The van der Waals surface area contributed by atoms with E-state index in [0.717, 1.165) is 12.5 Å². The average molecular weight is 322 g/mol. The molecule has 0 atom stereocenters. The van der Waals surface area contributed by atoms with Gasteiger partial charge in [0.2, 0.25) is 5.91 Å². The summed E-state index contributed by atoms with van der Waals surface area (Å²) in [6.45, 7) is 5.39. The molecule has 23 heavy (non-hydrogen) atoms. The number of halogens is 1. The number of aliphatic hydroxyl groups is 1. The van der Waals surface area contributed by atoms with Crippen LogP contribution in [0.2, 0.25) is 0 Å². The van der Waals surface area contributed by atoms with Gasteiger partial charge < -0.3 is 15.7 Å². The van der Waals surface area contributed by atoms with Gasteiger partial charge in [-0.1, -0.05) is 20.8 Å². The smallest absolute Gasteiger partial charge is 0.254 e. The summed E-state index contributed by atoms with van der Waals surface area (Å²) in [5.41, 5.74) is -1.26. The van der Waals surface area contributed by atoms with Crippen molar-refractivity contribution in [3.63, 3.8) is 0 Å². The second-order valence-electron chi connectivity index (χ2n) is 7.16. The summed E-state index contributed by atoms with van der Waals surface area (Å²) < 4.78 is 13.9. The molecule has 0 saturated heterocycles. The summed E-state index contributed by atoms with van der Waals surface area (Å²) in [5.74, 6) is -1.49. The number of carbonyl (C=O) groups is 2. The second-order valence-corrected chi connectivity index (χ2v) is 7.16. The predicted octanol–water partition coefficient (Wildman–Crippen LogP) is 2.46. The first-order valence-electron chi connectivity index (χ1n) is 7.72. The van der Waals surface area contributed by atoms with Gasteiger partial charge in [-0.05, 0) is 37.5 Å². The van der Waals surface area contributed by atoms with Crippen molar-refractivity contribution in [2.45, 2.75) is 45.6 Å². The van der Waals surface area contributed by atoms with Crippen LogP contribution >= 0.6 is 0 Å². The Labute approximate surface area is 135 Å². The molecule has 0 heterocycles. The van der Waals surface area contributed by atoms with Crippen molar-refractivity contribution in [2.24, 2.45) is 5.41 Å². The molecular weight excluding hydrogens is 299 g/mol. The van der Waals surface area contributed by atoms with Gasteiger partial charge in [-0.15, -0.1) is 0 Å². The number of benzene rings is 1. The monoisotopic (exact) mass is 322 g/mol. The minimum Gasteiger partial charge on any atom is -0.388 e. The lowest BCUT2D eigenvalue weighted by atomic mass is 9.80. The minimum atomic E-state index is -0.871. The molecule has 1 fully saturated rings. The van der Waals surface area contributed by atoms with E-state index in [1.807, 2.05) is 0 Å². The Hall–Kier alpha value is -1.95. The van der Waals surface area contributed by atoms with Gasteiger partial charge in [-0.2, -0.15) is 0 Å². The molecule has 126 valence electrons. The Balaban J connectivity index is 2.07. The van der Waals surface area contributed by atoms with E-state index in [9.17, 15) is 19.1 Å². The third-order valence-electron chi connectivity index (χ3n) is 4.01. The Morgan fingerprint density at radius 1 is 1.30 bits per heavy atom.